The van der Waals surface area contributed by atoms with Crippen molar-refractivity contribution in [3.63, 3.8) is 0 Å². The summed E-state index contributed by atoms with van der Waals surface area (Å²) >= 11 is 0. The Morgan fingerprint density at radius 1 is 1.12 bits per heavy atom. The highest BCUT2D eigenvalue weighted by Crippen LogP contribution is 2.29. The summed E-state index contributed by atoms with van der Waals surface area (Å²) < 4.78 is 43.7. The van der Waals surface area contributed by atoms with Gasteiger partial charge in [-0.15, -0.1) is 0 Å². The Balaban J connectivity index is 2.09. The van der Waals surface area contributed by atoms with E-state index in [9.17, 15) is 13.2 Å². The van der Waals surface area contributed by atoms with E-state index in [2.05, 4.69) is 10.3 Å². The Hall–Kier alpha value is -3.03. The van der Waals surface area contributed by atoms with Gasteiger partial charge in [-0.1, -0.05) is 22.4 Å². The van der Waals surface area contributed by atoms with Crippen LogP contribution in [0.15, 0.2) is 58.8 Å². The Morgan fingerprint density at radius 3 is 2.38 bits per heavy atom. The Labute approximate surface area is 148 Å². The zero-order valence-electron chi connectivity index (χ0n) is 14.1. The second kappa shape index (κ2) is 8.37. The van der Waals surface area contributed by atoms with Gasteiger partial charge in [0.25, 0.3) is 0 Å². The molecule has 0 aromatic heterocycles. The molecule has 0 saturated carbocycles. The number of hydrogen-bond acceptors (Lipinski definition) is 5. The van der Waals surface area contributed by atoms with Crippen LogP contribution < -0.4 is 4.74 Å². The molecule has 0 aliphatic heterocycles. The summed E-state index contributed by atoms with van der Waals surface area (Å²) in [5.74, 6) is 0.474. The molecule has 0 saturated heterocycles. The highest BCUT2D eigenvalue weighted by atomic mass is 19.4. The number of benzene rings is 2. The minimum atomic E-state index is -4.39. The van der Waals surface area contributed by atoms with Crippen LogP contribution in [-0.4, -0.2) is 23.7 Å². The molecule has 138 valence electrons. The summed E-state index contributed by atoms with van der Waals surface area (Å²) in [4.78, 5) is 4.73. The van der Waals surface area contributed by atoms with E-state index >= 15 is 0 Å². The SMILES string of the molecule is CON=C(C(C)=NO)c1ccc(OCc2cccc(C(F)(F)F)c2)cc1. The average molecular weight is 366 g/mol. The number of rotatable bonds is 6. The van der Waals surface area contributed by atoms with Crippen molar-refractivity contribution < 1.29 is 28.0 Å². The number of nitrogens with zero attached hydrogens (tertiary/aromatic N) is 2. The highest BCUT2D eigenvalue weighted by Gasteiger charge is 2.30. The highest BCUT2D eigenvalue weighted by molar-refractivity contribution is 6.47. The molecular weight excluding hydrogens is 349 g/mol. The molecule has 2 rings (SSSR count). The fourth-order valence-electron chi connectivity index (χ4n) is 2.18. The topological polar surface area (TPSA) is 63.4 Å². The monoisotopic (exact) mass is 366 g/mol. The summed E-state index contributed by atoms with van der Waals surface area (Å²) in [6.45, 7) is 1.56. The van der Waals surface area contributed by atoms with Crippen LogP contribution in [0.2, 0.25) is 0 Å². The van der Waals surface area contributed by atoms with Gasteiger partial charge < -0.3 is 14.8 Å². The lowest BCUT2D eigenvalue weighted by atomic mass is 10.1. The number of halogens is 3. The molecule has 0 bridgehead atoms. The molecule has 5 nitrogen and oxygen atoms in total. The van der Waals surface area contributed by atoms with Gasteiger partial charge in [0, 0.05) is 5.56 Å². The van der Waals surface area contributed by atoms with Crippen LogP contribution in [0, 0.1) is 0 Å². The van der Waals surface area contributed by atoms with Crippen molar-refractivity contribution >= 4 is 11.4 Å². The predicted molar refractivity (Wildman–Crippen MR) is 90.7 cm³/mol. The standard InChI is InChI=1S/C18H17F3N2O3/c1-12(22-24)17(23-25-2)14-6-8-16(9-7-14)26-11-13-4-3-5-15(10-13)18(19,20)21/h3-10,24H,11H2,1-2H3. The lowest BCUT2D eigenvalue weighted by Gasteiger charge is -2.10. The van der Waals surface area contributed by atoms with Gasteiger partial charge in [-0.3, -0.25) is 0 Å². The van der Waals surface area contributed by atoms with E-state index in [4.69, 9.17) is 14.8 Å². The maximum absolute atomic E-state index is 12.7. The number of ether oxygens (including phenoxy) is 1. The van der Waals surface area contributed by atoms with Crippen LogP contribution in [0.5, 0.6) is 5.75 Å². The first-order valence-corrected chi connectivity index (χ1v) is 7.54. The zero-order chi connectivity index (χ0) is 19.2. The van der Waals surface area contributed by atoms with Gasteiger partial charge in [0.05, 0.1) is 5.56 Å². The summed E-state index contributed by atoms with van der Waals surface area (Å²) in [5.41, 5.74) is 0.944. The van der Waals surface area contributed by atoms with Crippen molar-refractivity contribution in [2.24, 2.45) is 10.3 Å². The molecule has 2 aromatic rings. The normalized spacial score (nSPS) is 12.8. The summed E-state index contributed by atoms with van der Waals surface area (Å²) in [5, 5.41) is 15.8. The van der Waals surface area contributed by atoms with E-state index in [1.165, 1.54) is 13.2 Å². The van der Waals surface area contributed by atoms with Crippen LogP contribution in [0.25, 0.3) is 0 Å². The number of alkyl halides is 3. The first-order valence-electron chi connectivity index (χ1n) is 7.54. The molecule has 0 radical (unpaired) electrons. The summed E-state index contributed by atoms with van der Waals surface area (Å²) in [6, 6.07) is 11.6. The van der Waals surface area contributed by atoms with Crippen molar-refractivity contribution in [2.75, 3.05) is 7.11 Å². The minimum absolute atomic E-state index is 0.000585. The van der Waals surface area contributed by atoms with E-state index in [0.717, 1.165) is 12.1 Å². The van der Waals surface area contributed by atoms with Gasteiger partial charge in [-0.05, 0) is 48.9 Å². The Morgan fingerprint density at radius 2 is 1.81 bits per heavy atom. The molecule has 0 aliphatic carbocycles. The molecule has 0 fully saturated rings. The second-order valence-electron chi connectivity index (χ2n) is 5.32. The van der Waals surface area contributed by atoms with Crippen molar-refractivity contribution in [3.05, 3.63) is 65.2 Å². The van der Waals surface area contributed by atoms with Crippen LogP contribution in [0.4, 0.5) is 13.2 Å². The predicted octanol–water partition coefficient (Wildman–Crippen LogP) is 4.49. The number of oxime groups is 2. The molecule has 0 amide bonds. The molecule has 0 spiro atoms. The molecule has 2 aromatic carbocycles. The van der Waals surface area contributed by atoms with Crippen molar-refractivity contribution in [1.29, 1.82) is 0 Å². The molecule has 8 heteroatoms. The maximum Gasteiger partial charge on any atom is 0.416 e. The summed E-state index contributed by atoms with van der Waals surface area (Å²) in [7, 11) is 1.37. The van der Waals surface area contributed by atoms with E-state index in [1.807, 2.05) is 0 Å². The van der Waals surface area contributed by atoms with E-state index in [-0.39, 0.29) is 12.3 Å². The molecule has 1 N–H and O–H groups in total. The fraction of sp³-hybridized carbons (Fsp3) is 0.222. The Kier molecular flexibility index (Phi) is 6.21. The van der Waals surface area contributed by atoms with Gasteiger partial charge >= 0.3 is 6.18 Å². The molecule has 0 atom stereocenters. The minimum Gasteiger partial charge on any atom is -0.489 e. The van der Waals surface area contributed by atoms with Gasteiger partial charge in [0.1, 0.15) is 30.9 Å². The third-order valence-corrected chi connectivity index (χ3v) is 3.46. The van der Waals surface area contributed by atoms with Crippen LogP contribution >= 0.6 is 0 Å². The van der Waals surface area contributed by atoms with Crippen LogP contribution in [-0.2, 0) is 17.6 Å². The van der Waals surface area contributed by atoms with Crippen LogP contribution in [0.1, 0.15) is 23.6 Å². The summed E-state index contributed by atoms with van der Waals surface area (Å²) in [6.07, 6.45) is -4.39. The van der Waals surface area contributed by atoms with Crippen molar-refractivity contribution in [1.82, 2.24) is 0 Å². The van der Waals surface area contributed by atoms with Crippen molar-refractivity contribution in [2.45, 2.75) is 19.7 Å². The third-order valence-electron chi connectivity index (χ3n) is 3.46. The molecular formula is C18H17F3N2O3. The fourth-order valence-corrected chi connectivity index (χ4v) is 2.18. The first-order chi connectivity index (χ1) is 12.3. The second-order valence-corrected chi connectivity index (χ2v) is 5.32. The van der Waals surface area contributed by atoms with Gasteiger partial charge in [0.2, 0.25) is 0 Å². The average Bonchev–Trinajstić information content (AvgIpc) is 2.64. The first kappa shape index (κ1) is 19.3. The maximum atomic E-state index is 12.7. The molecule has 0 unspecified atom stereocenters. The van der Waals surface area contributed by atoms with E-state index in [0.29, 0.717) is 22.6 Å². The van der Waals surface area contributed by atoms with Gasteiger partial charge in [-0.2, -0.15) is 13.2 Å². The van der Waals surface area contributed by atoms with Gasteiger partial charge in [0.15, 0.2) is 0 Å². The number of hydrogen-bond donors (Lipinski definition) is 1. The lowest BCUT2D eigenvalue weighted by molar-refractivity contribution is -0.137. The van der Waals surface area contributed by atoms with Crippen LogP contribution in [0.3, 0.4) is 0 Å². The lowest BCUT2D eigenvalue weighted by Crippen LogP contribution is -2.12. The van der Waals surface area contributed by atoms with Gasteiger partial charge in [-0.25, -0.2) is 0 Å². The molecule has 0 aliphatic rings. The quantitative estimate of drug-likeness (QED) is 0.466. The molecule has 0 heterocycles. The Bertz CT molecular complexity index is 800. The van der Waals surface area contributed by atoms with E-state index in [1.54, 1.807) is 37.3 Å². The van der Waals surface area contributed by atoms with Crippen molar-refractivity contribution in [3.8, 4) is 5.75 Å². The largest absolute Gasteiger partial charge is 0.489 e. The zero-order valence-corrected chi connectivity index (χ0v) is 14.1. The smallest absolute Gasteiger partial charge is 0.416 e. The molecule has 26 heavy (non-hydrogen) atoms. The third kappa shape index (κ3) is 4.98. The van der Waals surface area contributed by atoms with E-state index < -0.39 is 11.7 Å².